The van der Waals surface area contributed by atoms with Crippen molar-refractivity contribution in [2.45, 2.75) is 51.1 Å². The highest BCUT2D eigenvalue weighted by molar-refractivity contribution is 5.80. The smallest absolute Gasteiger partial charge is 0.220 e. The molecule has 2 amide bonds. The Morgan fingerprint density at radius 2 is 2.35 bits per heavy atom. The molecule has 110 valence electrons. The van der Waals surface area contributed by atoms with Crippen molar-refractivity contribution in [1.29, 1.82) is 0 Å². The van der Waals surface area contributed by atoms with E-state index >= 15 is 0 Å². The molecule has 1 aliphatic heterocycles. The fourth-order valence-electron chi connectivity index (χ4n) is 2.52. The van der Waals surface area contributed by atoms with Crippen LogP contribution < -0.4 is 10.6 Å². The van der Waals surface area contributed by atoms with Crippen molar-refractivity contribution in [3.8, 4) is 0 Å². The van der Waals surface area contributed by atoms with Gasteiger partial charge in [-0.25, -0.2) is 0 Å². The molecule has 1 unspecified atom stereocenters. The number of rotatable bonds is 4. The molecule has 0 radical (unpaired) electrons. The van der Waals surface area contributed by atoms with Crippen LogP contribution in [0.5, 0.6) is 0 Å². The minimum atomic E-state index is -0.390. The van der Waals surface area contributed by atoms with Gasteiger partial charge >= 0.3 is 0 Å². The number of hydrogen-bond donors (Lipinski definition) is 2. The van der Waals surface area contributed by atoms with Crippen LogP contribution in [0.4, 0.5) is 0 Å². The maximum atomic E-state index is 12.0. The molecule has 1 saturated heterocycles. The quantitative estimate of drug-likeness (QED) is 0.843. The standard InChI is InChI=1S/C14H22N4O2/c1-14(2)11(5-7-13(20)17-14)16-12(19)6-4-10-8-15-18(3)9-10/h8-9,11H,4-7H2,1-3H3,(H,16,19)(H,17,20). The normalized spacial score (nSPS) is 21.4. The van der Waals surface area contributed by atoms with E-state index in [1.165, 1.54) is 0 Å². The van der Waals surface area contributed by atoms with Gasteiger partial charge in [-0.05, 0) is 32.3 Å². The van der Waals surface area contributed by atoms with Crippen LogP contribution in [0, 0.1) is 0 Å². The Balaban J connectivity index is 1.83. The van der Waals surface area contributed by atoms with E-state index in [2.05, 4.69) is 15.7 Å². The Kier molecular flexibility index (Phi) is 4.11. The van der Waals surface area contributed by atoms with Crippen molar-refractivity contribution in [2.75, 3.05) is 0 Å². The third-order valence-electron chi connectivity index (χ3n) is 3.73. The summed E-state index contributed by atoms with van der Waals surface area (Å²) in [5, 5.41) is 10.0. The molecule has 0 saturated carbocycles. The Hall–Kier alpha value is -1.85. The fraction of sp³-hybridized carbons (Fsp3) is 0.643. The monoisotopic (exact) mass is 278 g/mol. The van der Waals surface area contributed by atoms with Gasteiger partial charge in [0.15, 0.2) is 0 Å². The number of carbonyl (C=O) groups excluding carboxylic acids is 2. The Labute approximate surface area is 118 Å². The number of nitrogens with zero attached hydrogens (tertiary/aromatic N) is 2. The molecule has 2 rings (SSSR count). The molecule has 1 fully saturated rings. The molecule has 1 aliphatic rings. The SMILES string of the molecule is Cn1cc(CCC(=O)NC2CCC(=O)NC2(C)C)cn1. The summed E-state index contributed by atoms with van der Waals surface area (Å²) in [6, 6.07) is -0.0124. The second-order valence-corrected chi connectivity index (χ2v) is 5.95. The van der Waals surface area contributed by atoms with Crippen molar-refractivity contribution in [1.82, 2.24) is 20.4 Å². The summed E-state index contributed by atoms with van der Waals surface area (Å²) in [6.07, 6.45) is 5.97. The summed E-state index contributed by atoms with van der Waals surface area (Å²) in [5.41, 5.74) is 0.665. The van der Waals surface area contributed by atoms with Crippen LogP contribution in [0.25, 0.3) is 0 Å². The van der Waals surface area contributed by atoms with Gasteiger partial charge in [-0.3, -0.25) is 14.3 Å². The average Bonchev–Trinajstić information content (AvgIpc) is 2.75. The highest BCUT2D eigenvalue weighted by Gasteiger charge is 2.36. The van der Waals surface area contributed by atoms with Gasteiger partial charge in [0.1, 0.15) is 0 Å². The van der Waals surface area contributed by atoms with Crippen molar-refractivity contribution in [2.24, 2.45) is 7.05 Å². The van der Waals surface area contributed by atoms with Gasteiger partial charge in [0.05, 0.1) is 17.8 Å². The predicted molar refractivity (Wildman–Crippen MR) is 74.9 cm³/mol. The molecular formula is C14H22N4O2. The zero-order chi connectivity index (χ0) is 14.8. The fourth-order valence-corrected chi connectivity index (χ4v) is 2.52. The lowest BCUT2D eigenvalue weighted by Crippen LogP contribution is -2.62. The molecule has 0 aliphatic carbocycles. The number of amides is 2. The zero-order valence-corrected chi connectivity index (χ0v) is 12.3. The molecule has 0 bridgehead atoms. The molecule has 0 spiro atoms. The number of carbonyl (C=O) groups is 2. The first-order valence-corrected chi connectivity index (χ1v) is 6.95. The van der Waals surface area contributed by atoms with Crippen LogP contribution in [-0.4, -0.2) is 33.2 Å². The third-order valence-corrected chi connectivity index (χ3v) is 3.73. The molecular weight excluding hydrogens is 256 g/mol. The molecule has 2 heterocycles. The highest BCUT2D eigenvalue weighted by Crippen LogP contribution is 2.19. The predicted octanol–water partition coefficient (Wildman–Crippen LogP) is 0.526. The molecule has 1 aromatic heterocycles. The van der Waals surface area contributed by atoms with Crippen LogP contribution in [0.15, 0.2) is 12.4 Å². The van der Waals surface area contributed by atoms with Gasteiger partial charge in [0.2, 0.25) is 11.8 Å². The van der Waals surface area contributed by atoms with E-state index in [1.54, 1.807) is 10.9 Å². The van der Waals surface area contributed by atoms with Crippen LogP contribution in [0.1, 0.15) is 38.7 Å². The first kappa shape index (κ1) is 14.6. The van der Waals surface area contributed by atoms with Gasteiger partial charge < -0.3 is 10.6 Å². The van der Waals surface area contributed by atoms with E-state index in [4.69, 9.17) is 0 Å². The minimum Gasteiger partial charge on any atom is -0.351 e. The lowest BCUT2D eigenvalue weighted by molar-refractivity contribution is -0.128. The third kappa shape index (κ3) is 3.59. The first-order chi connectivity index (χ1) is 9.37. The second kappa shape index (κ2) is 5.64. The van der Waals surface area contributed by atoms with E-state index in [9.17, 15) is 9.59 Å². The first-order valence-electron chi connectivity index (χ1n) is 6.95. The molecule has 0 aromatic carbocycles. The van der Waals surface area contributed by atoms with Gasteiger partial charge in [-0.2, -0.15) is 5.10 Å². The Bertz CT molecular complexity index is 507. The molecule has 1 aromatic rings. The Morgan fingerprint density at radius 1 is 1.60 bits per heavy atom. The largest absolute Gasteiger partial charge is 0.351 e. The van der Waals surface area contributed by atoms with Crippen LogP contribution in [-0.2, 0) is 23.1 Å². The number of nitrogens with one attached hydrogen (secondary N) is 2. The summed E-state index contributed by atoms with van der Waals surface area (Å²) >= 11 is 0. The summed E-state index contributed by atoms with van der Waals surface area (Å²) in [7, 11) is 1.86. The van der Waals surface area contributed by atoms with Crippen molar-refractivity contribution < 1.29 is 9.59 Å². The number of hydrogen-bond acceptors (Lipinski definition) is 3. The Morgan fingerprint density at radius 3 is 2.95 bits per heavy atom. The van der Waals surface area contributed by atoms with E-state index in [0.29, 0.717) is 25.7 Å². The van der Waals surface area contributed by atoms with Crippen LogP contribution >= 0.6 is 0 Å². The van der Waals surface area contributed by atoms with Gasteiger partial charge in [-0.1, -0.05) is 0 Å². The topological polar surface area (TPSA) is 76.0 Å². The molecule has 6 nitrogen and oxygen atoms in total. The molecule has 6 heteroatoms. The second-order valence-electron chi connectivity index (χ2n) is 5.95. The van der Waals surface area contributed by atoms with Crippen molar-refractivity contribution in [3.63, 3.8) is 0 Å². The maximum absolute atomic E-state index is 12.0. The van der Waals surface area contributed by atoms with Crippen LogP contribution in [0.3, 0.4) is 0 Å². The van der Waals surface area contributed by atoms with E-state index in [1.807, 2.05) is 27.1 Å². The van der Waals surface area contributed by atoms with Gasteiger partial charge in [0, 0.05) is 26.1 Å². The minimum absolute atomic E-state index is 0.0124. The highest BCUT2D eigenvalue weighted by atomic mass is 16.2. The summed E-state index contributed by atoms with van der Waals surface area (Å²) in [4.78, 5) is 23.4. The lowest BCUT2D eigenvalue weighted by Gasteiger charge is -2.39. The summed E-state index contributed by atoms with van der Waals surface area (Å²) < 4.78 is 1.73. The average molecular weight is 278 g/mol. The maximum Gasteiger partial charge on any atom is 0.220 e. The van der Waals surface area contributed by atoms with E-state index in [0.717, 1.165) is 5.56 Å². The molecule has 2 N–H and O–H groups in total. The number of aryl methyl sites for hydroxylation is 2. The van der Waals surface area contributed by atoms with Crippen molar-refractivity contribution >= 4 is 11.8 Å². The number of aromatic nitrogens is 2. The summed E-state index contributed by atoms with van der Waals surface area (Å²) in [5.74, 6) is 0.0685. The molecule has 1 atom stereocenters. The zero-order valence-electron chi connectivity index (χ0n) is 12.3. The van der Waals surface area contributed by atoms with Crippen molar-refractivity contribution in [3.05, 3.63) is 18.0 Å². The van der Waals surface area contributed by atoms with Crippen LogP contribution in [0.2, 0.25) is 0 Å². The van der Waals surface area contributed by atoms with Gasteiger partial charge in [0.25, 0.3) is 0 Å². The van der Waals surface area contributed by atoms with Gasteiger partial charge in [-0.15, -0.1) is 0 Å². The van der Waals surface area contributed by atoms with E-state index < -0.39 is 0 Å². The van der Waals surface area contributed by atoms with E-state index in [-0.39, 0.29) is 23.4 Å². The molecule has 20 heavy (non-hydrogen) atoms. The number of piperidine rings is 1. The lowest BCUT2D eigenvalue weighted by atomic mass is 9.86. The summed E-state index contributed by atoms with van der Waals surface area (Å²) in [6.45, 7) is 3.88.